The summed E-state index contributed by atoms with van der Waals surface area (Å²) in [5.74, 6) is -0.525. The predicted octanol–water partition coefficient (Wildman–Crippen LogP) is -0.382. The summed E-state index contributed by atoms with van der Waals surface area (Å²) in [5, 5.41) is 3.96. The highest BCUT2D eigenvalue weighted by atomic mass is 16.5. The molecule has 0 aromatic carbocycles. The highest BCUT2D eigenvalue weighted by Gasteiger charge is 2.13. The standard InChI is InChI=1S/C9H8BN3O2/c1-5-3-6(10)4-13-8(5)11-7(12-13)9(14)15-2/h3-4H,1-2H3. The number of ether oxygens (including phenoxy) is 1. The number of aryl methyl sites for hydroxylation is 1. The molecule has 15 heavy (non-hydrogen) atoms. The minimum Gasteiger partial charge on any atom is -0.463 e. The van der Waals surface area contributed by atoms with E-state index in [1.165, 1.54) is 11.6 Å². The number of rotatable bonds is 1. The van der Waals surface area contributed by atoms with Gasteiger partial charge >= 0.3 is 5.97 Å². The van der Waals surface area contributed by atoms with Gasteiger partial charge in [0.15, 0.2) is 5.65 Å². The van der Waals surface area contributed by atoms with E-state index < -0.39 is 5.97 Å². The highest BCUT2D eigenvalue weighted by molar-refractivity contribution is 6.32. The van der Waals surface area contributed by atoms with E-state index in [9.17, 15) is 4.79 Å². The summed E-state index contributed by atoms with van der Waals surface area (Å²) >= 11 is 0. The fraction of sp³-hybridized carbons (Fsp3) is 0.222. The minimum absolute atomic E-state index is 0.0335. The Bertz CT molecular complexity index is 535. The molecule has 0 unspecified atom stereocenters. The van der Waals surface area contributed by atoms with E-state index >= 15 is 0 Å². The first-order valence-corrected chi connectivity index (χ1v) is 4.32. The Hall–Kier alpha value is -1.85. The van der Waals surface area contributed by atoms with Crippen LogP contribution in [0.1, 0.15) is 16.2 Å². The molecule has 5 nitrogen and oxygen atoms in total. The largest absolute Gasteiger partial charge is 0.463 e. The highest BCUT2D eigenvalue weighted by Crippen LogP contribution is 2.06. The summed E-state index contributed by atoms with van der Waals surface area (Å²) in [5.41, 5.74) is 2.03. The van der Waals surface area contributed by atoms with Crippen molar-refractivity contribution in [1.29, 1.82) is 0 Å². The topological polar surface area (TPSA) is 56.5 Å². The van der Waals surface area contributed by atoms with Crippen molar-refractivity contribution in [2.45, 2.75) is 6.92 Å². The summed E-state index contributed by atoms with van der Waals surface area (Å²) in [6.45, 7) is 1.85. The lowest BCUT2D eigenvalue weighted by molar-refractivity contribution is 0.0587. The van der Waals surface area contributed by atoms with Gasteiger partial charge < -0.3 is 4.74 Å². The number of esters is 1. The van der Waals surface area contributed by atoms with Crippen molar-refractivity contribution in [3.05, 3.63) is 23.7 Å². The summed E-state index contributed by atoms with van der Waals surface area (Å²) in [6.07, 6.45) is 1.60. The summed E-state index contributed by atoms with van der Waals surface area (Å²) in [6, 6.07) is 1.77. The van der Waals surface area contributed by atoms with Gasteiger partial charge in [0.1, 0.15) is 7.85 Å². The first kappa shape index (κ1) is 9.70. The minimum atomic E-state index is -0.559. The van der Waals surface area contributed by atoms with Gasteiger partial charge in [0.05, 0.1) is 7.11 Å². The third-order valence-electron chi connectivity index (χ3n) is 2.01. The molecule has 0 atom stereocenters. The van der Waals surface area contributed by atoms with Crippen LogP contribution in [0.15, 0.2) is 12.3 Å². The molecule has 0 bridgehead atoms. The lowest BCUT2D eigenvalue weighted by atomic mass is 9.97. The number of aromatic nitrogens is 3. The Morgan fingerprint density at radius 1 is 1.60 bits per heavy atom. The van der Waals surface area contributed by atoms with Crippen LogP contribution < -0.4 is 5.46 Å². The van der Waals surface area contributed by atoms with E-state index in [-0.39, 0.29) is 5.82 Å². The molecule has 0 aliphatic rings. The lowest BCUT2D eigenvalue weighted by Gasteiger charge is -1.97. The van der Waals surface area contributed by atoms with Crippen LogP contribution >= 0.6 is 0 Å². The van der Waals surface area contributed by atoms with Crippen LogP contribution in [0.2, 0.25) is 0 Å². The van der Waals surface area contributed by atoms with Gasteiger partial charge in [-0.3, -0.25) is 0 Å². The van der Waals surface area contributed by atoms with Crippen LogP contribution in [-0.4, -0.2) is 35.5 Å². The van der Waals surface area contributed by atoms with E-state index in [0.717, 1.165) is 5.56 Å². The molecule has 0 aliphatic carbocycles. The summed E-state index contributed by atoms with van der Waals surface area (Å²) in [7, 11) is 6.92. The molecule has 6 heteroatoms. The van der Waals surface area contributed by atoms with Crippen LogP contribution in [-0.2, 0) is 4.74 Å². The van der Waals surface area contributed by atoms with Gasteiger partial charge in [0, 0.05) is 6.20 Å². The fourth-order valence-electron chi connectivity index (χ4n) is 1.35. The molecular formula is C9H8BN3O2. The van der Waals surface area contributed by atoms with Crippen LogP contribution in [0.3, 0.4) is 0 Å². The molecular weight excluding hydrogens is 193 g/mol. The molecule has 2 rings (SSSR count). The molecule has 2 aromatic rings. The van der Waals surface area contributed by atoms with Crippen LogP contribution in [0.25, 0.3) is 5.65 Å². The first-order valence-electron chi connectivity index (χ1n) is 4.32. The second kappa shape index (κ2) is 3.38. The lowest BCUT2D eigenvalue weighted by Crippen LogP contribution is -2.07. The van der Waals surface area contributed by atoms with Gasteiger partial charge in [0.25, 0.3) is 5.82 Å². The van der Waals surface area contributed by atoms with E-state index in [4.69, 9.17) is 7.85 Å². The normalized spacial score (nSPS) is 10.5. The average Bonchev–Trinajstić information content (AvgIpc) is 2.60. The Labute approximate surface area is 87.5 Å². The zero-order chi connectivity index (χ0) is 11.0. The van der Waals surface area contributed by atoms with Gasteiger partial charge in [-0.25, -0.2) is 14.3 Å². The van der Waals surface area contributed by atoms with Crippen molar-refractivity contribution in [1.82, 2.24) is 14.6 Å². The molecule has 0 saturated carbocycles. The molecule has 0 N–H and O–H groups in total. The molecule has 0 spiro atoms. The SMILES string of the molecule is [B]c1cc(C)c2nc(C(=O)OC)nn2c1. The van der Waals surface area contributed by atoms with Crippen molar-refractivity contribution < 1.29 is 9.53 Å². The van der Waals surface area contributed by atoms with Crippen molar-refractivity contribution in [3.63, 3.8) is 0 Å². The molecule has 0 amide bonds. The van der Waals surface area contributed by atoms with Gasteiger partial charge in [-0.05, 0) is 12.5 Å². The quantitative estimate of drug-likeness (QED) is 0.466. The monoisotopic (exact) mass is 201 g/mol. The van der Waals surface area contributed by atoms with Gasteiger partial charge in [0.2, 0.25) is 0 Å². The smallest absolute Gasteiger partial charge is 0.377 e. The number of hydrogen-bond donors (Lipinski definition) is 0. The number of fused-ring (bicyclic) bond motifs is 1. The van der Waals surface area contributed by atoms with E-state index in [1.807, 2.05) is 6.92 Å². The van der Waals surface area contributed by atoms with Gasteiger partial charge in [-0.1, -0.05) is 11.5 Å². The number of methoxy groups -OCH3 is 1. The van der Waals surface area contributed by atoms with E-state index in [0.29, 0.717) is 11.1 Å². The van der Waals surface area contributed by atoms with Crippen molar-refractivity contribution in [2.24, 2.45) is 0 Å². The van der Waals surface area contributed by atoms with Crippen molar-refractivity contribution in [2.75, 3.05) is 7.11 Å². The third-order valence-corrected chi connectivity index (χ3v) is 2.01. The second-order valence-corrected chi connectivity index (χ2v) is 3.15. The molecule has 74 valence electrons. The molecule has 2 aromatic heterocycles. The predicted molar refractivity (Wildman–Crippen MR) is 54.5 cm³/mol. The van der Waals surface area contributed by atoms with Gasteiger partial charge in [-0.15, -0.1) is 5.10 Å². The van der Waals surface area contributed by atoms with Crippen LogP contribution in [0.5, 0.6) is 0 Å². The number of hydrogen-bond acceptors (Lipinski definition) is 4. The zero-order valence-corrected chi connectivity index (χ0v) is 8.39. The number of nitrogens with zero attached hydrogens (tertiary/aromatic N) is 3. The van der Waals surface area contributed by atoms with Crippen LogP contribution in [0, 0.1) is 6.92 Å². The Morgan fingerprint density at radius 2 is 2.33 bits per heavy atom. The van der Waals surface area contributed by atoms with Crippen LogP contribution in [0.4, 0.5) is 0 Å². The average molecular weight is 201 g/mol. The third kappa shape index (κ3) is 1.58. The van der Waals surface area contributed by atoms with E-state index in [2.05, 4.69) is 14.8 Å². The number of pyridine rings is 1. The second-order valence-electron chi connectivity index (χ2n) is 3.15. The maximum absolute atomic E-state index is 11.2. The maximum atomic E-state index is 11.2. The Balaban J connectivity index is 2.65. The molecule has 2 heterocycles. The van der Waals surface area contributed by atoms with Crippen molar-refractivity contribution in [3.8, 4) is 0 Å². The Kier molecular flexibility index (Phi) is 2.19. The summed E-state index contributed by atoms with van der Waals surface area (Å²) in [4.78, 5) is 15.2. The van der Waals surface area contributed by atoms with Crippen molar-refractivity contribution >= 4 is 24.9 Å². The molecule has 0 aliphatic heterocycles. The Morgan fingerprint density at radius 3 is 3.00 bits per heavy atom. The molecule has 2 radical (unpaired) electrons. The number of carbonyl (C=O) groups excluding carboxylic acids is 1. The van der Waals surface area contributed by atoms with E-state index in [1.54, 1.807) is 12.3 Å². The molecule has 0 fully saturated rings. The molecule has 0 saturated heterocycles. The summed E-state index contributed by atoms with van der Waals surface area (Å²) < 4.78 is 6.00. The fourth-order valence-corrected chi connectivity index (χ4v) is 1.35. The maximum Gasteiger partial charge on any atom is 0.377 e. The zero-order valence-electron chi connectivity index (χ0n) is 8.39. The number of carbonyl (C=O) groups is 1. The first-order chi connectivity index (χ1) is 7.11. The van der Waals surface area contributed by atoms with Gasteiger partial charge in [-0.2, -0.15) is 0 Å².